The number of nitrogens with zero attached hydrogens (tertiary/aromatic N) is 2. The number of rotatable bonds is 7. The zero-order valence-electron chi connectivity index (χ0n) is 10.3. The second kappa shape index (κ2) is 7.82. The van der Waals surface area contributed by atoms with Crippen LogP contribution in [0.25, 0.3) is 0 Å². The maximum absolute atomic E-state index is 11.8. The van der Waals surface area contributed by atoms with Gasteiger partial charge < -0.3 is 10.4 Å². The third kappa shape index (κ3) is 4.45. The van der Waals surface area contributed by atoms with Gasteiger partial charge in [-0.2, -0.15) is 5.26 Å². The lowest BCUT2D eigenvalue weighted by molar-refractivity contribution is -0.117. The summed E-state index contributed by atoms with van der Waals surface area (Å²) in [5.41, 5.74) is 0.484. The summed E-state index contributed by atoms with van der Waals surface area (Å²) in [6.45, 7) is 3.54. The standard InChI is InChI=1S/C12H17N3O2S/c1-2-4-15(5-6-16)9-11(17)14-12-10(8-13)3-7-18-12/h3,7,16H,2,4-6,9H2,1H3,(H,14,17). The normalized spacial score (nSPS) is 10.3. The molecule has 0 bridgehead atoms. The third-order valence-corrected chi connectivity index (χ3v) is 3.19. The SMILES string of the molecule is CCCN(CCO)CC(=O)Nc1sccc1C#N. The van der Waals surface area contributed by atoms with Gasteiger partial charge in [0, 0.05) is 6.54 Å². The minimum Gasteiger partial charge on any atom is -0.395 e. The molecule has 98 valence electrons. The average Bonchev–Trinajstić information content (AvgIpc) is 2.76. The van der Waals surface area contributed by atoms with Gasteiger partial charge in [0.25, 0.3) is 0 Å². The molecule has 0 aromatic carbocycles. The molecule has 0 saturated heterocycles. The van der Waals surface area contributed by atoms with Crippen LogP contribution in [0.3, 0.4) is 0 Å². The Labute approximate surface area is 111 Å². The van der Waals surface area contributed by atoms with Crippen molar-refractivity contribution in [3.05, 3.63) is 17.0 Å². The van der Waals surface area contributed by atoms with Gasteiger partial charge in [-0.3, -0.25) is 9.69 Å². The van der Waals surface area contributed by atoms with Crippen molar-refractivity contribution < 1.29 is 9.90 Å². The molecule has 1 heterocycles. The number of carbonyl (C=O) groups is 1. The number of thiophene rings is 1. The van der Waals surface area contributed by atoms with Gasteiger partial charge >= 0.3 is 0 Å². The molecule has 0 aliphatic rings. The first-order valence-corrected chi connectivity index (χ1v) is 6.69. The first kappa shape index (κ1) is 14.6. The van der Waals surface area contributed by atoms with Crippen LogP contribution in [0.1, 0.15) is 18.9 Å². The highest BCUT2D eigenvalue weighted by Gasteiger charge is 2.12. The van der Waals surface area contributed by atoms with Crippen LogP contribution in [-0.4, -0.2) is 42.2 Å². The van der Waals surface area contributed by atoms with Gasteiger partial charge in [0.15, 0.2) is 0 Å². The summed E-state index contributed by atoms with van der Waals surface area (Å²) in [5.74, 6) is -0.157. The van der Waals surface area contributed by atoms with Crippen LogP contribution in [0.2, 0.25) is 0 Å². The van der Waals surface area contributed by atoms with E-state index >= 15 is 0 Å². The highest BCUT2D eigenvalue weighted by atomic mass is 32.1. The molecule has 1 rings (SSSR count). The number of amides is 1. The lowest BCUT2D eigenvalue weighted by atomic mass is 10.3. The first-order chi connectivity index (χ1) is 8.71. The molecule has 6 heteroatoms. The Bertz CT molecular complexity index is 419. The summed E-state index contributed by atoms with van der Waals surface area (Å²) < 4.78 is 0. The smallest absolute Gasteiger partial charge is 0.239 e. The van der Waals surface area contributed by atoms with Gasteiger partial charge in [-0.1, -0.05) is 6.92 Å². The van der Waals surface area contributed by atoms with Crippen molar-refractivity contribution in [3.63, 3.8) is 0 Å². The van der Waals surface area contributed by atoms with Crippen molar-refractivity contribution in [1.82, 2.24) is 4.90 Å². The van der Waals surface area contributed by atoms with E-state index in [2.05, 4.69) is 5.32 Å². The number of hydrogen-bond donors (Lipinski definition) is 2. The Hall–Kier alpha value is -1.42. The summed E-state index contributed by atoms with van der Waals surface area (Å²) in [7, 11) is 0. The Morgan fingerprint density at radius 1 is 1.61 bits per heavy atom. The molecule has 0 saturated carbocycles. The van der Waals surface area contributed by atoms with Crippen LogP contribution >= 0.6 is 11.3 Å². The predicted octanol–water partition coefficient (Wildman–Crippen LogP) is 1.26. The largest absolute Gasteiger partial charge is 0.395 e. The van der Waals surface area contributed by atoms with Crippen LogP contribution in [0.4, 0.5) is 5.00 Å². The van der Waals surface area contributed by atoms with Crippen molar-refractivity contribution >= 4 is 22.2 Å². The summed E-state index contributed by atoms with van der Waals surface area (Å²) >= 11 is 1.33. The van der Waals surface area contributed by atoms with Gasteiger partial charge in [-0.05, 0) is 24.4 Å². The molecule has 1 aromatic rings. The number of nitriles is 1. The highest BCUT2D eigenvalue weighted by molar-refractivity contribution is 7.14. The molecular formula is C12H17N3O2S. The number of carbonyl (C=O) groups excluding carboxylic acids is 1. The Morgan fingerprint density at radius 2 is 2.39 bits per heavy atom. The molecule has 18 heavy (non-hydrogen) atoms. The topological polar surface area (TPSA) is 76.4 Å². The van der Waals surface area contributed by atoms with E-state index in [1.165, 1.54) is 11.3 Å². The molecule has 0 aliphatic heterocycles. The van der Waals surface area contributed by atoms with Crippen LogP contribution < -0.4 is 5.32 Å². The molecule has 0 spiro atoms. The fourth-order valence-electron chi connectivity index (χ4n) is 1.59. The van der Waals surface area contributed by atoms with E-state index < -0.39 is 0 Å². The quantitative estimate of drug-likeness (QED) is 0.780. The molecular weight excluding hydrogens is 250 g/mol. The molecule has 2 N–H and O–H groups in total. The van der Waals surface area contributed by atoms with Gasteiger partial charge in [0.1, 0.15) is 11.1 Å². The fraction of sp³-hybridized carbons (Fsp3) is 0.500. The second-order valence-electron chi connectivity index (χ2n) is 3.82. The summed E-state index contributed by atoms with van der Waals surface area (Å²) in [5, 5.41) is 22.8. The molecule has 0 aliphatic carbocycles. The van der Waals surface area contributed by atoms with Crippen molar-refractivity contribution in [2.45, 2.75) is 13.3 Å². The molecule has 0 atom stereocenters. The van der Waals surface area contributed by atoms with E-state index in [1.54, 1.807) is 11.4 Å². The van der Waals surface area contributed by atoms with Crippen LogP contribution in [-0.2, 0) is 4.79 Å². The number of hydrogen-bond acceptors (Lipinski definition) is 5. The highest BCUT2D eigenvalue weighted by Crippen LogP contribution is 2.21. The minimum absolute atomic E-state index is 0.0374. The molecule has 5 nitrogen and oxygen atoms in total. The maximum Gasteiger partial charge on any atom is 0.239 e. The maximum atomic E-state index is 11.8. The fourth-order valence-corrected chi connectivity index (χ4v) is 2.34. The van der Waals surface area contributed by atoms with Crippen LogP contribution in [0.5, 0.6) is 0 Å². The van der Waals surface area contributed by atoms with E-state index in [9.17, 15) is 4.79 Å². The van der Waals surface area contributed by atoms with E-state index in [1.807, 2.05) is 17.9 Å². The van der Waals surface area contributed by atoms with E-state index in [4.69, 9.17) is 10.4 Å². The third-order valence-electron chi connectivity index (χ3n) is 2.36. The monoisotopic (exact) mass is 267 g/mol. The lowest BCUT2D eigenvalue weighted by Gasteiger charge is -2.19. The van der Waals surface area contributed by atoms with E-state index in [-0.39, 0.29) is 19.1 Å². The van der Waals surface area contributed by atoms with Gasteiger partial charge in [0.2, 0.25) is 5.91 Å². The van der Waals surface area contributed by atoms with Crippen molar-refractivity contribution in [1.29, 1.82) is 5.26 Å². The van der Waals surface area contributed by atoms with Crippen LogP contribution in [0.15, 0.2) is 11.4 Å². The van der Waals surface area contributed by atoms with Crippen LogP contribution in [0, 0.1) is 11.3 Å². The van der Waals surface area contributed by atoms with Crippen molar-refractivity contribution in [2.24, 2.45) is 0 Å². The molecule has 0 radical (unpaired) electrons. The van der Waals surface area contributed by atoms with E-state index in [0.29, 0.717) is 17.1 Å². The lowest BCUT2D eigenvalue weighted by Crippen LogP contribution is -2.35. The predicted molar refractivity (Wildman–Crippen MR) is 71.5 cm³/mol. The Kier molecular flexibility index (Phi) is 6.36. The second-order valence-corrected chi connectivity index (χ2v) is 4.74. The summed E-state index contributed by atoms with van der Waals surface area (Å²) in [6.07, 6.45) is 0.926. The van der Waals surface area contributed by atoms with Gasteiger partial charge in [-0.15, -0.1) is 11.3 Å². The first-order valence-electron chi connectivity index (χ1n) is 5.82. The van der Waals surface area contributed by atoms with Crippen molar-refractivity contribution in [2.75, 3.05) is 31.6 Å². The average molecular weight is 267 g/mol. The summed E-state index contributed by atoms with van der Waals surface area (Å²) in [6, 6.07) is 3.71. The summed E-state index contributed by atoms with van der Waals surface area (Å²) in [4.78, 5) is 13.7. The zero-order valence-corrected chi connectivity index (χ0v) is 11.2. The number of nitrogens with one attached hydrogen (secondary N) is 1. The van der Waals surface area contributed by atoms with Crippen molar-refractivity contribution in [3.8, 4) is 6.07 Å². The molecule has 1 amide bonds. The zero-order chi connectivity index (χ0) is 13.4. The minimum atomic E-state index is -0.157. The molecule has 0 unspecified atom stereocenters. The molecule has 1 aromatic heterocycles. The number of aliphatic hydroxyl groups excluding tert-OH is 1. The Morgan fingerprint density at radius 3 is 3.00 bits per heavy atom. The molecule has 0 fully saturated rings. The Balaban J connectivity index is 2.52. The number of aliphatic hydroxyl groups is 1. The van der Waals surface area contributed by atoms with Gasteiger partial charge in [0.05, 0.1) is 18.7 Å². The van der Waals surface area contributed by atoms with Gasteiger partial charge in [-0.25, -0.2) is 0 Å². The number of anilines is 1. The van der Waals surface area contributed by atoms with E-state index in [0.717, 1.165) is 13.0 Å².